The highest BCUT2D eigenvalue weighted by Crippen LogP contribution is 2.31. The number of benzene rings is 2. The first-order chi connectivity index (χ1) is 13.0. The molecule has 0 aliphatic carbocycles. The molecule has 27 heavy (non-hydrogen) atoms. The maximum Gasteiger partial charge on any atom is 0.325 e. The number of nitrogens with one attached hydrogen (secondary N) is 1. The molecular weight excluding hydrogens is 408 g/mol. The van der Waals surface area contributed by atoms with E-state index in [0.29, 0.717) is 0 Å². The summed E-state index contributed by atoms with van der Waals surface area (Å²) in [5.41, 5.74) is 1.45. The van der Waals surface area contributed by atoms with E-state index in [2.05, 4.69) is 26.3 Å². The summed E-state index contributed by atoms with van der Waals surface area (Å²) in [4.78, 5) is 26.8. The lowest BCUT2D eigenvalue weighted by atomic mass is 9.92. The Morgan fingerprint density at radius 3 is 2.56 bits per heavy atom. The van der Waals surface area contributed by atoms with Crippen molar-refractivity contribution in [1.29, 1.82) is 0 Å². The number of halogens is 1. The Hall–Kier alpha value is -2.93. The van der Waals surface area contributed by atoms with Gasteiger partial charge in [-0.05, 0) is 48.4 Å². The fourth-order valence-corrected chi connectivity index (χ4v) is 3.59. The molecule has 1 aliphatic rings. The van der Waals surface area contributed by atoms with E-state index in [-0.39, 0.29) is 12.5 Å². The van der Waals surface area contributed by atoms with Crippen LogP contribution in [-0.2, 0) is 16.9 Å². The number of imide groups is 1. The number of rotatable bonds is 4. The van der Waals surface area contributed by atoms with Crippen molar-refractivity contribution >= 4 is 27.9 Å². The zero-order chi connectivity index (χ0) is 19.0. The molecule has 1 aromatic heterocycles. The number of carbonyl (C=O) groups excluding carboxylic acids is 2. The molecule has 1 fully saturated rings. The number of carbonyl (C=O) groups is 2. The number of nitrogens with zero attached hydrogens (tertiary/aromatic N) is 3. The van der Waals surface area contributed by atoms with E-state index in [1.807, 2.05) is 60.8 Å². The second-order valence-electron chi connectivity index (χ2n) is 6.57. The van der Waals surface area contributed by atoms with Crippen molar-refractivity contribution in [2.24, 2.45) is 0 Å². The molecule has 1 atom stereocenters. The molecule has 2 heterocycles. The molecule has 2 aromatic carbocycles. The fraction of sp³-hybridized carbons (Fsp3) is 0.150. The van der Waals surface area contributed by atoms with Crippen LogP contribution in [0, 0.1) is 0 Å². The zero-order valence-corrected chi connectivity index (χ0v) is 16.2. The first kappa shape index (κ1) is 17.5. The molecule has 7 heteroatoms. The van der Waals surface area contributed by atoms with Crippen LogP contribution in [0.1, 0.15) is 18.1 Å². The largest absolute Gasteiger partial charge is 0.325 e. The van der Waals surface area contributed by atoms with E-state index < -0.39 is 11.6 Å². The van der Waals surface area contributed by atoms with Crippen molar-refractivity contribution in [2.75, 3.05) is 0 Å². The number of urea groups is 1. The molecule has 4 rings (SSSR count). The molecule has 1 saturated heterocycles. The van der Waals surface area contributed by atoms with Crippen LogP contribution < -0.4 is 5.32 Å². The molecular formula is C20H17BrN4O2. The van der Waals surface area contributed by atoms with Crippen LogP contribution in [0.2, 0.25) is 0 Å². The quantitative estimate of drug-likeness (QED) is 0.650. The summed E-state index contributed by atoms with van der Waals surface area (Å²) in [6.45, 7) is 1.95. The van der Waals surface area contributed by atoms with E-state index >= 15 is 0 Å². The predicted octanol–water partition coefficient (Wildman–Crippen LogP) is 3.60. The summed E-state index contributed by atoms with van der Waals surface area (Å²) in [7, 11) is 0. The molecule has 3 amide bonds. The second kappa shape index (κ2) is 6.66. The van der Waals surface area contributed by atoms with Gasteiger partial charge in [0.1, 0.15) is 5.54 Å². The number of hydrogen-bond donors (Lipinski definition) is 1. The van der Waals surface area contributed by atoms with Crippen molar-refractivity contribution < 1.29 is 9.59 Å². The average molecular weight is 425 g/mol. The minimum atomic E-state index is -1.07. The molecule has 3 aromatic rings. The van der Waals surface area contributed by atoms with Gasteiger partial charge in [-0.1, -0.05) is 40.2 Å². The Bertz CT molecular complexity index is 1000. The summed E-state index contributed by atoms with van der Waals surface area (Å²) < 4.78 is 2.61. The van der Waals surface area contributed by atoms with Gasteiger partial charge in [-0.3, -0.25) is 9.69 Å². The number of hydrogen-bond acceptors (Lipinski definition) is 3. The van der Waals surface area contributed by atoms with Crippen molar-refractivity contribution in [1.82, 2.24) is 20.0 Å². The highest BCUT2D eigenvalue weighted by Gasteiger charge is 2.48. The Morgan fingerprint density at radius 1 is 1.11 bits per heavy atom. The number of amides is 3. The van der Waals surface area contributed by atoms with Crippen molar-refractivity contribution in [3.8, 4) is 5.69 Å². The minimum absolute atomic E-state index is 0.216. The van der Waals surface area contributed by atoms with E-state index in [0.717, 1.165) is 21.3 Å². The van der Waals surface area contributed by atoms with Gasteiger partial charge < -0.3 is 5.32 Å². The third-order valence-electron chi connectivity index (χ3n) is 4.72. The molecule has 1 unspecified atom stereocenters. The second-order valence-corrected chi connectivity index (χ2v) is 7.49. The summed E-state index contributed by atoms with van der Waals surface area (Å²) in [5, 5.41) is 7.02. The SMILES string of the molecule is CC1(c2cccc(Br)c2)NC(=O)N(Cc2ccc(-n3cccn3)cc2)C1=O. The van der Waals surface area contributed by atoms with E-state index in [9.17, 15) is 9.59 Å². The highest BCUT2D eigenvalue weighted by atomic mass is 79.9. The van der Waals surface area contributed by atoms with Gasteiger partial charge in [0.2, 0.25) is 0 Å². The van der Waals surface area contributed by atoms with Gasteiger partial charge in [0, 0.05) is 16.9 Å². The van der Waals surface area contributed by atoms with Gasteiger partial charge in [-0.15, -0.1) is 0 Å². The Labute approximate surface area is 164 Å². The zero-order valence-electron chi connectivity index (χ0n) is 14.6. The third kappa shape index (κ3) is 3.14. The molecule has 6 nitrogen and oxygen atoms in total. The summed E-state index contributed by atoms with van der Waals surface area (Å²) in [6.07, 6.45) is 3.57. The van der Waals surface area contributed by atoms with Gasteiger partial charge >= 0.3 is 6.03 Å². The molecule has 0 saturated carbocycles. The van der Waals surface area contributed by atoms with Gasteiger partial charge in [0.25, 0.3) is 5.91 Å². The normalized spacial score (nSPS) is 19.4. The van der Waals surface area contributed by atoms with Crippen LogP contribution in [-0.4, -0.2) is 26.6 Å². The molecule has 1 N–H and O–H groups in total. The predicted molar refractivity (Wildman–Crippen MR) is 104 cm³/mol. The van der Waals surface area contributed by atoms with Gasteiger partial charge in [0.05, 0.1) is 12.2 Å². The van der Waals surface area contributed by atoms with E-state index in [4.69, 9.17) is 0 Å². The Balaban J connectivity index is 1.56. The summed E-state index contributed by atoms with van der Waals surface area (Å²) in [5.74, 6) is -0.262. The molecule has 1 aliphatic heterocycles. The molecule has 0 radical (unpaired) electrons. The maximum atomic E-state index is 13.0. The third-order valence-corrected chi connectivity index (χ3v) is 5.22. The standard InChI is InChI=1S/C20H17BrN4O2/c1-20(15-4-2-5-16(21)12-15)18(26)24(19(27)23-20)13-14-6-8-17(9-7-14)25-11-3-10-22-25/h2-12H,13H2,1H3,(H,23,27). The molecule has 136 valence electrons. The van der Waals surface area contributed by atoms with Crippen LogP contribution in [0.25, 0.3) is 5.69 Å². The van der Waals surface area contributed by atoms with Gasteiger partial charge in [-0.25, -0.2) is 9.48 Å². The lowest BCUT2D eigenvalue weighted by Gasteiger charge is -2.22. The van der Waals surface area contributed by atoms with Crippen molar-refractivity contribution in [3.05, 3.63) is 82.6 Å². The van der Waals surface area contributed by atoms with Gasteiger partial charge in [0.15, 0.2) is 0 Å². The van der Waals surface area contributed by atoms with E-state index in [1.165, 1.54) is 4.90 Å². The topological polar surface area (TPSA) is 67.2 Å². The van der Waals surface area contributed by atoms with Gasteiger partial charge in [-0.2, -0.15) is 5.10 Å². The monoisotopic (exact) mass is 424 g/mol. The fourth-order valence-electron chi connectivity index (χ4n) is 3.19. The van der Waals surface area contributed by atoms with Crippen LogP contribution in [0.3, 0.4) is 0 Å². The van der Waals surface area contributed by atoms with E-state index in [1.54, 1.807) is 17.8 Å². The van der Waals surface area contributed by atoms with Crippen LogP contribution in [0.4, 0.5) is 4.79 Å². The Morgan fingerprint density at radius 2 is 1.89 bits per heavy atom. The van der Waals surface area contributed by atoms with Crippen LogP contribution in [0.5, 0.6) is 0 Å². The van der Waals surface area contributed by atoms with Crippen LogP contribution >= 0.6 is 15.9 Å². The van der Waals surface area contributed by atoms with Crippen LogP contribution in [0.15, 0.2) is 71.5 Å². The first-order valence-electron chi connectivity index (χ1n) is 8.46. The molecule has 0 spiro atoms. The molecule has 0 bridgehead atoms. The van der Waals surface area contributed by atoms with Crippen molar-refractivity contribution in [3.63, 3.8) is 0 Å². The Kier molecular flexibility index (Phi) is 4.31. The maximum absolute atomic E-state index is 13.0. The first-order valence-corrected chi connectivity index (χ1v) is 9.26. The van der Waals surface area contributed by atoms with Crippen molar-refractivity contribution in [2.45, 2.75) is 19.0 Å². The smallest absolute Gasteiger partial charge is 0.319 e. The summed E-state index contributed by atoms with van der Waals surface area (Å²) >= 11 is 3.42. The lowest BCUT2D eigenvalue weighted by Crippen LogP contribution is -2.40. The minimum Gasteiger partial charge on any atom is -0.319 e. The number of aromatic nitrogens is 2. The lowest BCUT2D eigenvalue weighted by molar-refractivity contribution is -0.131. The highest BCUT2D eigenvalue weighted by molar-refractivity contribution is 9.10. The average Bonchev–Trinajstić information content (AvgIpc) is 3.27. The summed E-state index contributed by atoms with van der Waals surface area (Å²) in [6, 6.07) is 16.5.